The zero-order valence-electron chi connectivity index (χ0n) is 11.4. The first kappa shape index (κ1) is 13.5. The molecule has 2 N–H and O–H groups in total. The summed E-state index contributed by atoms with van der Waals surface area (Å²) in [5, 5.41) is 1.00. The maximum Gasteiger partial charge on any atom is 0.205 e. The molecule has 1 saturated carbocycles. The Morgan fingerprint density at radius 3 is 3.00 bits per heavy atom. The standard InChI is InChI=1S/C14H19N5S/c15-6-2-8-19(10-11-3-1-7-16-9-11)14-17-13(18-20-14)12-4-5-12/h1,3,7,9,12H,2,4-6,8,10,15H2. The first-order chi connectivity index (χ1) is 9.86. The van der Waals surface area contributed by atoms with Gasteiger partial charge in [0.05, 0.1) is 0 Å². The van der Waals surface area contributed by atoms with Gasteiger partial charge in [0.2, 0.25) is 5.13 Å². The summed E-state index contributed by atoms with van der Waals surface area (Å²) >= 11 is 1.50. The van der Waals surface area contributed by atoms with E-state index in [1.54, 1.807) is 6.20 Å². The molecular formula is C14H19N5S. The second-order valence-electron chi connectivity index (χ2n) is 5.13. The van der Waals surface area contributed by atoms with E-state index in [9.17, 15) is 0 Å². The number of nitrogens with zero attached hydrogens (tertiary/aromatic N) is 4. The van der Waals surface area contributed by atoms with Crippen molar-refractivity contribution in [3.8, 4) is 0 Å². The van der Waals surface area contributed by atoms with Crippen molar-refractivity contribution in [3.05, 3.63) is 35.9 Å². The summed E-state index contributed by atoms with van der Waals surface area (Å²) in [6, 6.07) is 4.05. The van der Waals surface area contributed by atoms with E-state index in [-0.39, 0.29) is 0 Å². The van der Waals surface area contributed by atoms with Gasteiger partial charge in [0.1, 0.15) is 5.82 Å². The van der Waals surface area contributed by atoms with Gasteiger partial charge in [-0.1, -0.05) is 6.07 Å². The van der Waals surface area contributed by atoms with E-state index < -0.39 is 0 Å². The third-order valence-electron chi connectivity index (χ3n) is 3.37. The Kier molecular flexibility index (Phi) is 4.22. The summed E-state index contributed by atoms with van der Waals surface area (Å²) in [6.45, 7) is 2.41. The number of hydrogen-bond donors (Lipinski definition) is 1. The van der Waals surface area contributed by atoms with Crippen LogP contribution in [0, 0.1) is 0 Å². The van der Waals surface area contributed by atoms with Crippen molar-refractivity contribution in [2.45, 2.75) is 31.7 Å². The van der Waals surface area contributed by atoms with Gasteiger partial charge in [-0.2, -0.15) is 4.37 Å². The molecule has 0 amide bonds. The highest BCUT2D eigenvalue weighted by Crippen LogP contribution is 2.39. The highest BCUT2D eigenvalue weighted by molar-refractivity contribution is 7.09. The molecule has 6 heteroatoms. The van der Waals surface area contributed by atoms with Gasteiger partial charge >= 0.3 is 0 Å². The molecule has 5 nitrogen and oxygen atoms in total. The molecule has 20 heavy (non-hydrogen) atoms. The molecule has 1 aliphatic carbocycles. The van der Waals surface area contributed by atoms with Crippen molar-refractivity contribution in [2.24, 2.45) is 5.73 Å². The van der Waals surface area contributed by atoms with Crippen molar-refractivity contribution in [1.82, 2.24) is 14.3 Å². The van der Waals surface area contributed by atoms with Crippen molar-refractivity contribution < 1.29 is 0 Å². The zero-order valence-corrected chi connectivity index (χ0v) is 12.2. The Bertz CT molecular complexity index is 538. The Morgan fingerprint density at radius 1 is 1.40 bits per heavy atom. The largest absolute Gasteiger partial charge is 0.342 e. The van der Waals surface area contributed by atoms with Crippen LogP contribution < -0.4 is 10.6 Å². The van der Waals surface area contributed by atoms with Gasteiger partial charge in [-0.3, -0.25) is 4.98 Å². The topological polar surface area (TPSA) is 67.9 Å². The number of rotatable bonds is 7. The normalized spacial score (nSPS) is 14.4. The minimum absolute atomic E-state index is 0.606. The van der Waals surface area contributed by atoms with Crippen LogP contribution in [0.25, 0.3) is 0 Å². The molecular weight excluding hydrogens is 270 g/mol. The van der Waals surface area contributed by atoms with E-state index in [1.165, 1.54) is 29.9 Å². The molecule has 2 heterocycles. The summed E-state index contributed by atoms with van der Waals surface area (Å²) in [7, 11) is 0. The molecule has 1 fully saturated rings. The number of anilines is 1. The van der Waals surface area contributed by atoms with Crippen LogP contribution in [0.1, 0.15) is 36.6 Å². The van der Waals surface area contributed by atoms with Crippen LogP contribution in [0.3, 0.4) is 0 Å². The SMILES string of the molecule is NCCCN(Cc1cccnc1)c1nc(C2CC2)ns1. The first-order valence-electron chi connectivity index (χ1n) is 7.04. The third kappa shape index (κ3) is 3.32. The van der Waals surface area contributed by atoms with Gasteiger partial charge in [-0.25, -0.2) is 4.98 Å². The first-order valence-corrected chi connectivity index (χ1v) is 7.81. The van der Waals surface area contributed by atoms with Crippen molar-refractivity contribution in [3.63, 3.8) is 0 Å². The quantitative estimate of drug-likeness (QED) is 0.846. The monoisotopic (exact) mass is 289 g/mol. The molecule has 2 aromatic heterocycles. The van der Waals surface area contributed by atoms with Gasteiger partial charge in [0.15, 0.2) is 0 Å². The van der Waals surface area contributed by atoms with Crippen LogP contribution in [0.4, 0.5) is 5.13 Å². The molecule has 0 spiro atoms. The highest BCUT2D eigenvalue weighted by atomic mass is 32.1. The lowest BCUT2D eigenvalue weighted by Gasteiger charge is -2.20. The molecule has 0 aliphatic heterocycles. The molecule has 1 aliphatic rings. The summed E-state index contributed by atoms with van der Waals surface area (Å²) in [6.07, 6.45) is 7.13. The zero-order chi connectivity index (χ0) is 13.8. The molecule has 0 aromatic carbocycles. The fourth-order valence-electron chi connectivity index (χ4n) is 2.10. The third-order valence-corrected chi connectivity index (χ3v) is 4.16. The van der Waals surface area contributed by atoms with Crippen LogP contribution in [0.5, 0.6) is 0 Å². The number of pyridine rings is 1. The lowest BCUT2D eigenvalue weighted by atomic mass is 10.2. The molecule has 0 bridgehead atoms. The molecule has 2 aromatic rings. The van der Waals surface area contributed by atoms with Crippen LogP contribution in [0.2, 0.25) is 0 Å². The van der Waals surface area contributed by atoms with Crippen LogP contribution in [0.15, 0.2) is 24.5 Å². The van der Waals surface area contributed by atoms with Crippen LogP contribution in [-0.2, 0) is 6.54 Å². The van der Waals surface area contributed by atoms with E-state index in [2.05, 4.69) is 20.3 Å². The van der Waals surface area contributed by atoms with Gasteiger partial charge in [-0.05, 0) is 37.4 Å². The lowest BCUT2D eigenvalue weighted by molar-refractivity contribution is 0.729. The number of aromatic nitrogens is 3. The van der Waals surface area contributed by atoms with Gasteiger partial charge < -0.3 is 10.6 Å². The van der Waals surface area contributed by atoms with Crippen molar-refractivity contribution >= 4 is 16.7 Å². The van der Waals surface area contributed by atoms with Gasteiger partial charge in [0.25, 0.3) is 0 Å². The van der Waals surface area contributed by atoms with E-state index in [0.29, 0.717) is 12.5 Å². The fraction of sp³-hybridized carbons (Fsp3) is 0.500. The van der Waals surface area contributed by atoms with Gasteiger partial charge in [0, 0.05) is 42.9 Å². The van der Waals surface area contributed by atoms with Crippen molar-refractivity contribution in [2.75, 3.05) is 18.0 Å². The van der Waals surface area contributed by atoms with Crippen molar-refractivity contribution in [1.29, 1.82) is 0 Å². The van der Waals surface area contributed by atoms with Crippen LogP contribution in [-0.4, -0.2) is 27.4 Å². The Balaban J connectivity index is 1.73. The number of hydrogen-bond acceptors (Lipinski definition) is 6. The van der Waals surface area contributed by atoms with E-state index in [1.807, 2.05) is 12.3 Å². The molecule has 3 rings (SSSR count). The Hall–Kier alpha value is -1.53. The molecule has 0 radical (unpaired) electrons. The number of nitrogens with two attached hydrogens (primary N) is 1. The maximum atomic E-state index is 5.64. The summed E-state index contributed by atoms with van der Waals surface area (Å²) in [4.78, 5) is 11.1. The minimum atomic E-state index is 0.606. The Morgan fingerprint density at radius 2 is 2.30 bits per heavy atom. The average molecular weight is 289 g/mol. The lowest BCUT2D eigenvalue weighted by Crippen LogP contribution is -2.25. The summed E-state index contributed by atoms with van der Waals surface area (Å²) < 4.78 is 4.49. The molecule has 0 atom stereocenters. The van der Waals surface area contributed by atoms with E-state index in [0.717, 1.165) is 30.5 Å². The summed E-state index contributed by atoms with van der Waals surface area (Å²) in [5.74, 6) is 1.63. The maximum absolute atomic E-state index is 5.64. The minimum Gasteiger partial charge on any atom is -0.342 e. The molecule has 0 saturated heterocycles. The highest BCUT2D eigenvalue weighted by Gasteiger charge is 2.28. The van der Waals surface area contributed by atoms with Crippen LogP contribution >= 0.6 is 11.5 Å². The molecule has 0 unspecified atom stereocenters. The smallest absolute Gasteiger partial charge is 0.205 e. The molecule has 106 valence electrons. The van der Waals surface area contributed by atoms with E-state index in [4.69, 9.17) is 10.7 Å². The summed E-state index contributed by atoms with van der Waals surface area (Å²) in [5.41, 5.74) is 6.83. The second-order valence-corrected chi connectivity index (χ2v) is 5.86. The Labute approximate surface area is 123 Å². The second kappa shape index (κ2) is 6.28. The van der Waals surface area contributed by atoms with Gasteiger partial charge in [-0.15, -0.1) is 0 Å². The average Bonchev–Trinajstić information content (AvgIpc) is 3.22. The van der Waals surface area contributed by atoms with E-state index >= 15 is 0 Å². The predicted octanol–water partition coefficient (Wildman–Crippen LogP) is 2.17. The fourth-order valence-corrected chi connectivity index (χ4v) is 2.87. The predicted molar refractivity (Wildman–Crippen MR) is 80.8 cm³/mol.